The summed E-state index contributed by atoms with van der Waals surface area (Å²) >= 11 is 0. The van der Waals surface area contributed by atoms with Crippen molar-refractivity contribution in [2.75, 3.05) is 26.4 Å². The van der Waals surface area contributed by atoms with Crippen LogP contribution in [0.5, 0.6) is 0 Å². The fourth-order valence-corrected chi connectivity index (χ4v) is 1.54. The van der Waals surface area contributed by atoms with Crippen molar-refractivity contribution in [1.29, 1.82) is 0 Å². The quantitative estimate of drug-likeness (QED) is 0.217. The average Bonchev–Trinajstić information content (AvgIpc) is 2.48. The fraction of sp³-hybridized carbons (Fsp3) is 0.643. The largest absolute Gasteiger partial charge is 0.464 e. The highest BCUT2D eigenvalue weighted by Gasteiger charge is 2.29. The summed E-state index contributed by atoms with van der Waals surface area (Å²) in [6.45, 7) is 7.25. The highest BCUT2D eigenvalue weighted by molar-refractivity contribution is 5.79. The van der Waals surface area contributed by atoms with Gasteiger partial charge in [0.05, 0.1) is 19.8 Å². The van der Waals surface area contributed by atoms with Gasteiger partial charge in [0.15, 0.2) is 6.04 Å². The SMILES string of the molecule is C=C(CCOCC(=O)OCC)C(O)C(NC=O)C(=O)OCC. The number of ether oxygens (including phenoxy) is 3. The van der Waals surface area contributed by atoms with Gasteiger partial charge in [-0.1, -0.05) is 6.58 Å². The molecule has 0 rings (SSSR count). The molecule has 0 aliphatic carbocycles. The molecule has 0 radical (unpaired) electrons. The third kappa shape index (κ3) is 7.75. The number of rotatable bonds is 12. The van der Waals surface area contributed by atoms with Crippen LogP contribution in [-0.4, -0.2) is 62.0 Å². The van der Waals surface area contributed by atoms with Gasteiger partial charge < -0.3 is 24.6 Å². The summed E-state index contributed by atoms with van der Waals surface area (Å²) in [5.41, 5.74) is 0.274. The summed E-state index contributed by atoms with van der Waals surface area (Å²) in [5, 5.41) is 12.2. The van der Waals surface area contributed by atoms with Crippen molar-refractivity contribution in [3.63, 3.8) is 0 Å². The highest BCUT2D eigenvalue weighted by atomic mass is 16.6. The molecule has 0 spiro atoms. The molecule has 2 N–H and O–H groups in total. The van der Waals surface area contributed by atoms with E-state index in [-0.39, 0.29) is 38.4 Å². The average molecular weight is 317 g/mol. The van der Waals surface area contributed by atoms with Crippen LogP contribution in [0, 0.1) is 0 Å². The van der Waals surface area contributed by atoms with Gasteiger partial charge in [-0.15, -0.1) is 0 Å². The Morgan fingerprint density at radius 2 is 1.91 bits per heavy atom. The number of hydrogen-bond donors (Lipinski definition) is 2. The number of carbonyl (C=O) groups is 3. The first-order valence-corrected chi connectivity index (χ1v) is 6.93. The minimum atomic E-state index is -1.31. The van der Waals surface area contributed by atoms with Gasteiger partial charge in [-0.3, -0.25) is 4.79 Å². The van der Waals surface area contributed by atoms with Gasteiger partial charge in [0.25, 0.3) is 0 Å². The zero-order chi connectivity index (χ0) is 17.0. The molecule has 0 aromatic heterocycles. The molecule has 0 aromatic rings. The molecule has 0 bridgehead atoms. The molecule has 8 nitrogen and oxygen atoms in total. The number of nitrogens with one attached hydrogen (secondary N) is 1. The zero-order valence-corrected chi connectivity index (χ0v) is 12.9. The molecule has 0 fully saturated rings. The van der Waals surface area contributed by atoms with Crippen molar-refractivity contribution in [3.8, 4) is 0 Å². The Morgan fingerprint density at radius 3 is 2.45 bits per heavy atom. The lowest BCUT2D eigenvalue weighted by Crippen LogP contribution is -2.47. The van der Waals surface area contributed by atoms with E-state index in [1.807, 2.05) is 0 Å². The molecular weight excluding hydrogens is 294 g/mol. The van der Waals surface area contributed by atoms with Crippen LogP contribution in [0.2, 0.25) is 0 Å². The van der Waals surface area contributed by atoms with Crippen LogP contribution in [0.3, 0.4) is 0 Å². The molecule has 2 atom stereocenters. The van der Waals surface area contributed by atoms with E-state index in [1.165, 1.54) is 0 Å². The number of amides is 1. The van der Waals surface area contributed by atoms with Gasteiger partial charge in [-0.2, -0.15) is 0 Å². The zero-order valence-electron chi connectivity index (χ0n) is 12.9. The molecule has 0 aliphatic rings. The summed E-state index contributed by atoms with van der Waals surface area (Å²) in [5.74, 6) is -1.24. The Balaban J connectivity index is 4.28. The summed E-state index contributed by atoms with van der Waals surface area (Å²) in [7, 11) is 0. The lowest BCUT2D eigenvalue weighted by atomic mass is 10.0. The van der Waals surface area contributed by atoms with E-state index >= 15 is 0 Å². The fourth-order valence-electron chi connectivity index (χ4n) is 1.54. The Morgan fingerprint density at radius 1 is 1.27 bits per heavy atom. The number of carbonyl (C=O) groups excluding carboxylic acids is 3. The van der Waals surface area contributed by atoms with E-state index in [0.717, 1.165) is 0 Å². The first-order chi connectivity index (χ1) is 10.5. The minimum Gasteiger partial charge on any atom is -0.464 e. The van der Waals surface area contributed by atoms with E-state index in [9.17, 15) is 19.5 Å². The van der Waals surface area contributed by atoms with Crippen LogP contribution in [0.15, 0.2) is 12.2 Å². The molecule has 2 unspecified atom stereocenters. The van der Waals surface area contributed by atoms with Gasteiger partial charge in [-0.25, -0.2) is 9.59 Å². The van der Waals surface area contributed by atoms with Crippen LogP contribution in [0.1, 0.15) is 20.3 Å². The van der Waals surface area contributed by atoms with Crippen molar-refractivity contribution in [1.82, 2.24) is 5.32 Å². The van der Waals surface area contributed by atoms with Gasteiger partial charge in [0.1, 0.15) is 12.7 Å². The summed E-state index contributed by atoms with van der Waals surface area (Å²) in [6.07, 6.45) is -0.803. The van der Waals surface area contributed by atoms with E-state index < -0.39 is 24.1 Å². The molecule has 0 heterocycles. The van der Waals surface area contributed by atoms with Gasteiger partial charge in [0, 0.05) is 0 Å². The lowest BCUT2D eigenvalue weighted by molar-refractivity contribution is -0.149. The van der Waals surface area contributed by atoms with Gasteiger partial charge in [-0.05, 0) is 25.8 Å². The number of esters is 2. The topological polar surface area (TPSA) is 111 Å². The first-order valence-electron chi connectivity index (χ1n) is 6.93. The van der Waals surface area contributed by atoms with E-state index in [2.05, 4.69) is 16.6 Å². The van der Waals surface area contributed by atoms with Gasteiger partial charge >= 0.3 is 11.9 Å². The van der Waals surface area contributed by atoms with Crippen LogP contribution in [0.4, 0.5) is 0 Å². The Kier molecular flexibility index (Phi) is 10.7. The first kappa shape index (κ1) is 20.1. The van der Waals surface area contributed by atoms with Crippen LogP contribution < -0.4 is 5.32 Å². The van der Waals surface area contributed by atoms with Crippen molar-refractivity contribution in [3.05, 3.63) is 12.2 Å². The monoisotopic (exact) mass is 317 g/mol. The molecule has 0 saturated heterocycles. The maximum atomic E-state index is 11.6. The van der Waals surface area contributed by atoms with Crippen LogP contribution in [0.25, 0.3) is 0 Å². The predicted octanol–water partition coefficient (Wildman–Crippen LogP) is -0.449. The van der Waals surface area contributed by atoms with Crippen LogP contribution in [-0.2, 0) is 28.6 Å². The third-order valence-corrected chi connectivity index (χ3v) is 2.61. The lowest BCUT2D eigenvalue weighted by Gasteiger charge is -2.22. The normalized spacial score (nSPS) is 12.9. The smallest absolute Gasteiger partial charge is 0.332 e. The second-order valence-corrected chi connectivity index (χ2v) is 4.22. The second kappa shape index (κ2) is 11.7. The number of hydrogen-bond acceptors (Lipinski definition) is 7. The number of aliphatic hydroxyl groups is 1. The van der Waals surface area contributed by atoms with Crippen molar-refractivity contribution in [2.45, 2.75) is 32.4 Å². The van der Waals surface area contributed by atoms with Crippen molar-refractivity contribution < 1.29 is 33.7 Å². The standard InChI is InChI=1S/C14H23NO7/c1-4-21-11(17)8-20-7-6-10(3)13(18)12(15-9-16)14(19)22-5-2/h9,12-13,18H,3-8H2,1-2H3,(H,15,16). The molecule has 8 heteroatoms. The molecule has 126 valence electrons. The number of aliphatic hydroxyl groups excluding tert-OH is 1. The van der Waals surface area contributed by atoms with E-state index in [1.54, 1.807) is 13.8 Å². The molecule has 22 heavy (non-hydrogen) atoms. The summed E-state index contributed by atoms with van der Waals surface area (Å²) < 4.78 is 14.5. The van der Waals surface area contributed by atoms with Crippen molar-refractivity contribution in [2.24, 2.45) is 0 Å². The Labute approximate surface area is 129 Å². The molecule has 0 aliphatic heterocycles. The van der Waals surface area contributed by atoms with E-state index in [4.69, 9.17) is 9.47 Å². The second-order valence-electron chi connectivity index (χ2n) is 4.22. The van der Waals surface area contributed by atoms with Crippen LogP contribution >= 0.6 is 0 Å². The predicted molar refractivity (Wildman–Crippen MR) is 76.8 cm³/mol. The molecular formula is C14H23NO7. The maximum Gasteiger partial charge on any atom is 0.332 e. The summed E-state index contributed by atoms with van der Waals surface area (Å²) in [4.78, 5) is 33.2. The maximum absolute atomic E-state index is 11.6. The van der Waals surface area contributed by atoms with Gasteiger partial charge in [0.2, 0.25) is 6.41 Å². The Hall–Kier alpha value is -1.93. The highest BCUT2D eigenvalue weighted by Crippen LogP contribution is 2.11. The molecule has 0 saturated carbocycles. The van der Waals surface area contributed by atoms with Crippen molar-refractivity contribution >= 4 is 18.3 Å². The van der Waals surface area contributed by atoms with E-state index in [0.29, 0.717) is 6.41 Å². The minimum absolute atomic E-state index is 0.116. The Bertz CT molecular complexity index is 383. The summed E-state index contributed by atoms with van der Waals surface area (Å²) in [6, 6.07) is -1.23. The third-order valence-electron chi connectivity index (χ3n) is 2.61. The molecule has 1 amide bonds. The molecule has 0 aromatic carbocycles.